The van der Waals surface area contributed by atoms with Crippen LogP contribution in [0.15, 0.2) is 12.3 Å². The third-order valence-corrected chi connectivity index (χ3v) is 4.26. The first kappa shape index (κ1) is 13.4. The number of nitrogens with one attached hydrogen (secondary N) is 1. The fraction of sp³-hybridized carbons (Fsp3) is 0.800. The number of aryl methyl sites for hydroxylation is 1. The van der Waals surface area contributed by atoms with Crippen molar-refractivity contribution in [2.75, 3.05) is 5.32 Å². The standard InChI is InChI=1S/C15H27N3/c1-15(2,3)12-6-5-7-13(9-8-12)16-14-10-11-18(4)17-14/h10-13H,5-9H2,1-4H3,(H,16,17). The summed E-state index contributed by atoms with van der Waals surface area (Å²) in [4.78, 5) is 0. The molecular formula is C15H27N3. The van der Waals surface area contributed by atoms with Crippen molar-refractivity contribution in [1.82, 2.24) is 9.78 Å². The largest absolute Gasteiger partial charge is 0.366 e. The van der Waals surface area contributed by atoms with Gasteiger partial charge in [0.2, 0.25) is 0 Å². The van der Waals surface area contributed by atoms with E-state index < -0.39 is 0 Å². The Morgan fingerprint density at radius 3 is 2.61 bits per heavy atom. The Hall–Kier alpha value is -0.990. The van der Waals surface area contributed by atoms with E-state index in [9.17, 15) is 0 Å². The molecule has 1 heterocycles. The maximum atomic E-state index is 4.41. The Balaban J connectivity index is 1.89. The first-order valence-corrected chi connectivity index (χ1v) is 7.21. The lowest BCUT2D eigenvalue weighted by Gasteiger charge is -2.29. The SMILES string of the molecule is Cn1ccc(NC2CCCC(C(C)(C)C)CC2)n1. The molecule has 0 aromatic carbocycles. The summed E-state index contributed by atoms with van der Waals surface area (Å²) in [6, 6.07) is 2.67. The van der Waals surface area contributed by atoms with Crippen molar-refractivity contribution in [2.24, 2.45) is 18.4 Å². The minimum absolute atomic E-state index is 0.458. The lowest BCUT2D eigenvalue weighted by atomic mass is 9.76. The van der Waals surface area contributed by atoms with Crippen LogP contribution in [0.4, 0.5) is 5.82 Å². The summed E-state index contributed by atoms with van der Waals surface area (Å²) in [5, 5.41) is 7.99. The molecule has 0 spiro atoms. The van der Waals surface area contributed by atoms with Crippen LogP contribution in [0.5, 0.6) is 0 Å². The van der Waals surface area contributed by atoms with E-state index in [4.69, 9.17) is 0 Å². The van der Waals surface area contributed by atoms with Crippen molar-refractivity contribution in [3.05, 3.63) is 12.3 Å². The Morgan fingerprint density at radius 1 is 1.22 bits per heavy atom. The molecule has 0 saturated heterocycles. The number of nitrogens with zero attached hydrogens (tertiary/aromatic N) is 2. The zero-order chi connectivity index (χ0) is 13.2. The Kier molecular flexibility index (Phi) is 3.98. The summed E-state index contributed by atoms with van der Waals surface area (Å²) in [7, 11) is 1.97. The molecule has 1 N–H and O–H groups in total. The summed E-state index contributed by atoms with van der Waals surface area (Å²) >= 11 is 0. The van der Waals surface area contributed by atoms with E-state index in [-0.39, 0.29) is 0 Å². The number of hydrogen-bond donors (Lipinski definition) is 1. The summed E-state index contributed by atoms with van der Waals surface area (Å²) in [6.45, 7) is 7.14. The highest BCUT2D eigenvalue weighted by molar-refractivity contribution is 5.33. The van der Waals surface area contributed by atoms with Crippen molar-refractivity contribution in [3.8, 4) is 0 Å². The third kappa shape index (κ3) is 3.50. The predicted octanol–water partition coefficient (Wildman–Crippen LogP) is 3.83. The normalized spacial score (nSPS) is 25.8. The van der Waals surface area contributed by atoms with Crippen molar-refractivity contribution in [3.63, 3.8) is 0 Å². The van der Waals surface area contributed by atoms with Gasteiger partial charge in [-0.1, -0.05) is 27.2 Å². The van der Waals surface area contributed by atoms with Gasteiger partial charge in [0.1, 0.15) is 5.82 Å². The molecule has 1 saturated carbocycles. The van der Waals surface area contributed by atoms with E-state index >= 15 is 0 Å². The number of hydrogen-bond acceptors (Lipinski definition) is 2. The molecule has 3 nitrogen and oxygen atoms in total. The van der Waals surface area contributed by atoms with Gasteiger partial charge in [0.15, 0.2) is 0 Å². The van der Waals surface area contributed by atoms with Crippen molar-refractivity contribution in [2.45, 2.75) is 58.9 Å². The van der Waals surface area contributed by atoms with Crippen molar-refractivity contribution >= 4 is 5.82 Å². The second-order valence-electron chi connectivity index (χ2n) is 6.79. The molecule has 0 bridgehead atoms. The van der Waals surface area contributed by atoms with Gasteiger partial charge in [-0.2, -0.15) is 5.10 Å². The average Bonchev–Trinajstić information content (AvgIpc) is 2.53. The van der Waals surface area contributed by atoms with Gasteiger partial charge in [-0.15, -0.1) is 0 Å². The fourth-order valence-corrected chi connectivity index (χ4v) is 3.01. The van der Waals surface area contributed by atoms with E-state index in [0.717, 1.165) is 11.7 Å². The van der Waals surface area contributed by atoms with Crippen molar-refractivity contribution in [1.29, 1.82) is 0 Å². The second kappa shape index (κ2) is 5.33. The summed E-state index contributed by atoms with van der Waals surface area (Å²) in [6.07, 6.45) is 8.61. The Labute approximate surface area is 111 Å². The molecule has 1 fully saturated rings. The molecule has 18 heavy (non-hydrogen) atoms. The van der Waals surface area contributed by atoms with Gasteiger partial charge < -0.3 is 5.32 Å². The fourth-order valence-electron chi connectivity index (χ4n) is 3.01. The minimum Gasteiger partial charge on any atom is -0.366 e. The Morgan fingerprint density at radius 2 is 2.00 bits per heavy atom. The maximum absolute atomic E-state index is 4.41. The molecule has 1 aromatic rings. The van der Waals surface area contributed by atoms with E-state index in [0.29, 0.717) is 11.5 Å². The van der Waals surface area contributed by atoms with Crippen LogP contribution in [0.1, 0.15) is 52.9 Å². The van der Waals surface area contributed by atoms with Crippen LogP contribution in [0, 0.1) is 11.3 Å². The minimum atomic E-state index is 0.458. The lowest BCUT2D eigenvalue weighted by molar-refractivity contribution is 0.214. The summed E-state index contributed by atoms with van der Waals surface area (Å²) in [5.74, 6) is 1.89. The van der Waals surface area contributed by atoms with E-state index in [1.807, 2.05) is 17.9 Å². The first-order chi connectivity index (χ1) is 8.45. The molecule has 2 atom stereocenters. The van der Waals surface area contributed by atoms with Gasteiger partial charge in [0, 0.05) is 25.4 Å². The van der Waals surface area contributed by atoms with Crippen LogP contribution < -0.4 is 5.32 Å². The zero-order valence-corrected chi connectivity index (χ0v) is 12.2. The summed E-state index contributed by atoms with van der Waals surface area (Å²) in [5.41, 5.74) is 0.458. The molecular weight excluding hydrogens is 222 g/mol. The lowest BCUT2D eigenvalue weighted by Crippen LogP contribution is -2.21. The predicted molar refractivity (Wildman–Crippen MR) is 76.6 cm³/mol. The maximum Gasteiger partial charge on any atom is 0.148 e. The number of aromatic nitrogens is 2. The van der Waals surface area contributed by atoms with E-state index in [1.54, 1.807) is 0 Å². The average molecular weight is 249 g/mol. The zero-order valence-electron chi connectivity index (χ0n) is 12.2. The van der Waals surface area contributed by atoms with Crippen LogP contribution in [0.2, 0.25) is 0 Å². The molecule has 1 aromatic heterocycles. The second-order valence-corrected chi connectivity index (χ2v) is 6.79. The first-order valence-electron chi connectivity index (χ1n) is 7.21. The molecule has 2 unspecified atom stereocenters. The Bertz CT molecular complexity index is 375. The molecule has 102 valence electrons. The van der Waals surface area contributed by atoms with Crippen LogP contribution >= 0.6 is 0 Å². The highest BCUT2D eigenvalue weighted by atomic mass is 15.3. The van der Waals surface area contributed by atoms with Crippen LogP contribution in [0.3, 0.4) is 0 Å². The molecule has 0 amide bonds. The molecule has 0 radical (unpaired) electrons. The molecule has 3 heteroatoms. The van der Waals surface area contributed by atoms with E-state index in [2.05, 4.69) is 37.3 Å². The van der Waals surface area contributed by atoms with Crippen LogP contribution in [0.25, 0.3) is 0 Å². The third-order valence-electron chi connectivity index (χ3n) is 4.26. The van der Waals surface area contributed by atoms with Gasteiger partial charge in [0.05, 0.1) is 0 Å². The molecule has 1 aliphatic carbocycles. The molecule has 1 aliphatic rings. The quantitative estimate of drug-likeness (QED) is 0.807. The topological polar surface area (TPSA) is 29.9 Å². The van der Waals surface area contributed by atoms with E-state index in [1.165, 1.54) is 32.1 Å². The highest BCUT2D eigenvalue weighted by Crippen LogP contribution is 2.37. The van der Waals surface area contributed by atoms with Crippen LogP contribution in [-0.2, 0) is 7.05 Å². The number of anilines is 1. The van der Waals surface area contributed by atoms with Gasteiger partial charge in [-0.05, 0) is 37.0 Å². The van der Waals surface area contributed by atoms with Gasteiger partial charge in [-0.25, -0.2) is 0 Å². The van der Waals surface area contributed by atoms with Gasteiger partial charge in [-0.3, -0.25) is 4.68 Å². The number of rotatable bonds is 2. The highest BCUT2D eigenvalue weighted by Gasteiger charge is 2.27. The van der Waals surface area contributed by atoms with Gasteiger partial charge in [0.25, 0.3) is 0 Å². The molecule has 0 aliphatic heterocycles. The summed E-state index contributed by atoms with van der Waals surface area (Å²) < 4.78 is 1.86. The van der Waals surface area contributed by atoms with Gasteiger partial charge >= 0.3 is 0 Å². The van der Waals surface area contributed by atoms with Crippen molar-refractivity contribution < 1.29 is 0 Å². The molecule has 2 rings (SSSR count). The van der Waals surface area contributed by atoms with Crippen LogP contribution in [-0.4, -0.2) is 15.8 Å². The monoisotopic (exact) mass is 249 g/mol. The smallest absolute Gasteiger partial charge is 0.148 e.